The molecule has 2 heterocycles. The molecule has 0 atom stereocenters. The summed E-state index contributed by atoms with van der Waals surface area (Å²) in [5, 5.41) is 5.70. The summed E-state index contributed by atoms with van der Waals surface area (Å²) < 4.78 is 6.83. The maximum atomic E-state index is 12.5. The van der Waals surface area contributed by atoms with Gasteiger partial charge < -0.3 is 19.9 Å². The van der Waals surface area contributed by atoms with Crippen molar-refractivity contribution in [3.05, 3.63) is 17.2 Å². The van der Waals surface area contributed by atoms with Gasteiger partial charge in [-0.25, -0.2) is 4.98 Å². The van der Waals surface area contributed by atoms with Crippen LogP contribution in [0.2, 0.25) is 0 Å². The second-order valence-electron chi connectivity index (χ2n) is 6.53. The number of hydrogen-bond donors (Lipinski definition) is 2. The summed E-state index contributed by atoms with van der Waals surface area (Å²) in [6, 6.07) is 0. The number of imidazole rings is 1. The molecule has 0 saturated carbocycles. The highest BCUT2D eigenvalue weighted by atomic mass is 16.5. The van der Waals surface area contributed by atoms with E-state index in [-0.39, 0.29) is 11.8 Å². The Morgan fingerprint density at radius 2 is 1.96 bits per heavy atom. The highest BCUT2D eigenvalue weighted by Crippen LogP contribution is 2.21. The van der Waals surface area contributed by atoms with Crippen LogP contribution in [0.5, 0.6) is 0 Å². The first-order valence-corrected chi connectivity index (χ1v) is 8.69. The first-order valence-electron chi connectivity index (χ1n) is 8.69. The number of amides is 2. The molecule has 2 amide bonds. The van der Waals surface area contributed by atoms with Crippen LogP contribution >= 0.6 is 0 Å². The first-order chi connectivity index (χ1) is 11.5. The average molecular weight is 336 g/mol. The molecule has 0 radical (unpaired) electrons. The van der Waals surface area contributed by atoms with Crippen molar-refractivity contribution < 1.29 is 14.3 Å². The van der Waals surface area contributed by atoms with E-state index in [1.807, 2.05) is 4.57 Å². The van der Waals surface area contributed by atoms with Crippen molar-refractivity contribution in [2.75, 3.05) is 26.8 Å². The molecule has 1 aliphatic rings. The fourth-order valence-corrected chi connectivity index (χ4v) is 2.80. The summed E-state index contributed by atoms with van der Waals surface area (Å²) in [6.07, 6.45) is 3.72. The van der Waals surface area contributed by atoms with E-state index in [9.17, 15) is 9.59 Å². The van der Waals surface area contributed by atoms with Crippen LogP contribution in [0.1, 0.15) is 59.9 Å². The zero-order chi connectivity index (χ0) is 17.5. The topological polar surface area (TPSA) is 85.2 Å². The van der Waals surface area contributed by atoms with E-state index in [4.69, 9.17) is 4.74 Å². The molecule has 2 N–H and O–H groups in total. The second kappa shape index (κ2) is 8.82. The van der Waals surface area contributed by atoms with Gasteiger partial charge in [0, 0.05) is 26.7 Å². The molecule has 0 aromatic carbocycles. The lowest BCUT2D eigenvalue weighted by Crippen LogP contribution is -2.30. The molecule has 0 unspecified atom stereocenters. The standard InChI is InChI=1S/C17H28N4O3/c1-12(2)7-8-18-16(22)14-13-6-4-5-10-21(13)15(20-14)17(23)19-9-11-24-3/h12H,4-11H2,1-3H3,(H,18,22)(H,19,23). The summed E-state index contributed by atoms with van der Waals surface area (Å²) in [5.41, 5.74) is 1.27. The van der Waals surface area contributed by atoms with E-state index < -0.39 is 0 Å². The van der Waals surface area contributed by atoms with Crippen LogP contribution in [-0.2, 0) is 17.7 Å². The molecule has 1 aromatic heterocycles. The highest BCUT2D eigenvalue weighted by molar-refractivity contribution is 5.97. The third-order valence-corrected chi connectivity index (χ3v) is 4.13. The Bertz CT molecular complexity index is 581. The summed E-state index contributed by atoms with van der Waals surface area (Å²) in [6.45, 7) is 6.46. The fourth-order valence-electron chi connectivity index (χ4n) is 2.80. The lowest BCUT2D eigenvalue weighted by molar-refractivity contribution is 0.0921. The molecule has 7 heteroatoms. The average Bonchev–Trinajstić information content (AvgIpc) is 2.94. The molecule has 0 bridgehead atoms. The molecular weight excluding hydrogens is 308 g/mol. The number of ether oxygens (including phenoxy) is 1. The number of fused-ring (bicyclic) bond motifs is 1. The number of rotatable bonds is 8. The van der Waals surface area contributed by atoms with E-state index in [0.717, 1.165) is 37.9 Å². The Morgan fingerprint density at radius 3 is 2.67 bits per heavy atom. The van der Waals surface area contributed by atoms with E-state index in [2.05, 4.69) is 29.5 Å². The minimum atomic E-state index is -0.253. The molecule has 7 nitrogen and oxygen atoms in total. The Morgan fingerprint density at radius 1 is 1.21 bits per heavy atom. The van der Waals surface area contributed by atoms with Gasteiger partial charge in [-0.05, 0) is 31.6 Å². The van der Waals surface area contributed by atoms with Crippen molar-refractivity contribution in [1.82, 2.24) is 20.2 Å². The lowest BCUT2D eigenvalue weighted by atomic mass is 10.1. The summed E-state index contributed by atoms with van der Waals surface area (Å²) >= 11 is 0. The second-order valence-corrected chi connectivity index (χ2v) is 6.53. The largest absolute Gasteiger partial charge is 0.383 e. The Labute approximate surface area is 143 Å². The SMILES string of the molecule is COCCNC(=O)c1nc(C(=O)NCCC(C)C)c2n1CCCC2. The Balaban J connectivity index is 2.13. The number of nitrogens with zero attached hydrogens (tertiary/aromatic N) is 2. The van der Waals surface area contributed by atoms with Gasteiger partial charge in [0.15, 0.2) is 5.82 Å². The molecule has 0 spiro atoms. The number of nitrogens with one attached hydrogen (secondary N) is 2. The summed E-state index contributed by atoms with van der Waals surface area (Å²) in [7, 11) is 1.59. The van der Waals surface area contributed by atoms with E-state index in [0.29, 0.717) is 37.1 Å². The number of carbonyl (C=O) groups is 2. The number of carbonyl (C=O) groups excluding carboxylic acids is 2. The van der Waals surface area contributed by atoms with Crippen molar-refractivity contribution in [3.63, 3.8) is 0 Å². The van der Waals surface area contributed by atoms with E-state index >= 15 is 0 Å². The van der Waals surface area contributed by atoms with Gasteiger partial charge in [-0.3, -0.25) is 9.59 Å². The zero-order valence-corrected chi connectivity index (χ0v) is 14.9. The van der Waals surface area contributed by atoms with Gasteiger partial charge in [0.1, 0.15) is 5.69 Å². The third kappa shape index (κ3) is 4.56. The molecule has 134 valence electrons. The summed E-state index contributed by atoms with van der Waals surface area (Å²) in [4.78, 5) is 29.2. The number of methoxy groups -OCH3 is 1. The number of hydrogen-bond acceptors (Lipinski definition) is 4. The van der Waals surface area contributed by atoms with Crippen LogP contribution in [0.3, 0.4) is 0 Å². The van der Waals surface area contributed by atoms with Gasteiger partial charge in [-0.15, -0.1) is 0 Å². The van der Waals surface area contributed by atoms with Gasteiger partial charge >= 0.3 is 0 Å². The molecule has 0 fully saturated rings. The fraction of sp³-hybridized carbons (Fsp3) is 0.706. The molecule has 2 rings (SSSR count). The third-order valence-electron chi connectivity index (χ3n) is 4.13. The molecule has 1 aromatic rings. The lowest BCUT2D eigenvalue weighted by Gasteiger charge is -2.17. The van der Waals surface area contributed by atoms with E-state index in [1.165, 1.54) is 0 Å². The van der Waals surface area contributed by atoms with Crippen LogP contribution in [0.4, 0.5) is 0 Å². The molecule has 24 heavy (non-hydrogen) atoms. The van der Waals surface area contributed by atoms with Crippen molar-refractivity contribution in [3.8, 4) is 0 Å². The van der Waals surface area contributed by atoms with Crippen LogP contribution in [0.15, 0.2) is 0 Å². The molecule has 1 aliphatic heterocycles. The minimum Gasteiger partial charge on any atom is -0.383 e. The Kier molecular flexibility index (Phi) is 6.78. The maximum absolute atomic E-state index is 12.5. The zero-order valence-electron chi connectivity index (χ0n) is 14.9. The van der Waals surface area contributed by atoms with Crippen molar-refractivity contribution >= 4 is 11.8 Å². The van der Waals surface area contributed by atoms with Crippen LogP contribution < -0.4 is 10.6 Å². The molecular formula is C17H28N4O3. The molecule has 0 saturated heterocycles. The van der Waals surface area contributed by atoms with Crippen molar-refractivity contribution in [1.29, 1.82) is 0 Å². The smallest absolute Gasteiger partial charge is 0.287 e. The molecule has 0 aliphatic carbocycles. The van der Waals surface area contributed by atoms with Crippen LogP contribution in [-0.4, -0.2) is 48.2 Å². The Hall–Kier alpha value is -1.89. The predicted octanol–water partition coefficient (Wildman–Crippen LogP) is 1.37. The normalized spacial score (nSPS) is 13.7. The predicted molar refractivity (Wildman–Crippen MR) is 91.2 cm³/mol. The van der Waals surface area contributed by atoms with Crippen LogP contribution in [0.25, 0.3) is 0 Å². The van der Waals surface area contributed by atoms with Gasteiger partial charge in [-0.1, -0.05) is 13.8 Å². The van der Waals surface area contributed by atoms with Crippen LogP contribution in [0, 0.1) is 5.92 Å². The maximum Gasteiger partial charge on any atom is 0.287 e. The van der Waals surface area contributed by atoms with Crippen molar-refractivity contribution in [2.45, 2.75) is 46.1 Å². The van der Waals surface area contributed by atoms with Gasteiger partial charge in [0.2, 0.25) is 0 Å². The minimum absolute atomic E-state index is 0.183. The van der Waals surface area contributed by atoms with Gasteiger partial charge in [0.05, 0.1) is 12.3 Å². The van der Waals surface area contributed by atoms with E-state index in [1.54, 1.807) is 7.11 Å². The van der Waals surface area contributed by atoms with Gasteiger partial charge in [-0.2, -0.15) is 0 Å². The monoisotopic (exact) mass is 336 g/mol. The first kappa shape index (κ1) is 18.4. The number of aromatic nitrogens is 2. The van der Waals surface area contributed by atoms with Gasteiger partial charge in [0.25, 0.3) is 11.8 Å². The quantitative estimate of drug-likeness (QED) is 0.702. The van der Waals surface area contributed by atoms with Crippen molar-refractivity contribution in [2.24, 2.45) is 5.92 Å². The summed E-state index contributed by atoms with van der Waals surface area (Å²) in [5.74, 6) is 0.423. The highest BCUT2D eigenvalue weighted by Gasteiger charge is 2.27.